The van der Waals surface area contributed by atoms with E-state index in [-0.39, 0.29) is 4.48 Å². The predicted molar refractivity (Wildman–Crippen MR) is 66.8 cm³/mol. The molecule has 0 atom stereocenters. The van der Waals surface area contributed by atoms with Gasteiger partial charge in [0, 0.05) is 0 Å². The molecular formula is C11H13F6NO3S. The lowest BCUT2D eigenvalue weighted by Gasteiger charge is -2.29. The van der Waals surface area contributed by atoms with Crippen LogP contribution in [0.4, 0.5) is 32.0 Å². The third-order valence-electron chi connectivity index (χ3n) is 2.31. The van der Waals surface area contributed by atoms with Crippen molar-refractivity contribution in [1.82, 2.24) is 4.48 Å². The highest BCUT2D eigenvalue weighted by Gasteiger charge is 2.38. The SMILES string of the molecule is C[N+](C)(CC(F)(F)F)c1ccccc1.O=S(=O)([O-])C(F)(F)F. The van der Waals surface area contributed by atoms with Crippen LogP contribution in [0.3, 0.4) is 0 Å². The van der Waals surface area contributed by atoms with E-state index in [9.17, 15) is 26.3 Å². The fourth-order valence-electron chi connectivity index (χ4n) is 1.37. The quantitative estimate of drug-likeness (QED) is 0.356. The molecule has 0 unspecified atom stereocenters. The number of benzene rings is 1. The van der Waals surface area contributed by atoms with E-state index in [0.717, 1.165) is 0 Å². The summed E-state index contributed by atoms with van der Waals surface area (Å²) in [7, 11) is -3.00. The average Bonchev–Trinajstić information content (AvgIpc) is 2.25. The lowest BCUT2D eigenvalue weighted by atomic mass is 10.2. The van der Waals surface area contributed by atoms with Gasteiger partial charge in [-0.2, -0.15) is 26.3 Å². The van der Waals surface area contributed by atoms with Gasteiger partial charge in [0.25, 0.3) is 0 Å². The summed E-state index contributed by atoms with van der Waals surface area (Å²) in [6.07, 6.45) is -4.14. The highest BCUT2D eigenvalue weighted by atomic mass is 32.2. The Hall–Kier alpha value is -1.33. The second-order valence-electron chi connectivity index (χ2n) is 4.69. The van der Waals surface area contributed by atoms with E-state index in [0.29, 0.717) is 5.69 Å². The van der Waals surface area contributed by atoms with Gasteiger partial charge in [0.15, 0.2) is 16.7 Å². The van der Waals surface area contributed by atoms with Crippen LogP contribution in [0.15, 0.2) is 30.3 Å². The molecule has 0 N–H and O–H groups in total. The molecule has 0 heterocycles. The fourth-order valence-corrected chi connectivity index (χ4v) is 1.37. The molecular weight excluding hydrogens is 340 g/mol. The first-order valence-corrected chi connectivity index (χ1v) is 6.94. The van der Waals surface area contributed by atoms with Crippen LogP contribution >= 0.6 is 0 Å². The molecule has 0 aliphatic rings. The minimum absolute atomic E-state index is 0.176. The molecule has 0 saturated carbocycles. The van der Waals surface area contributed by atoms with Gasteiger partial charge in [-0.05, 0) is 12.1 Å². The Balaban J connectivity index is 0.000000472. The van der Waals surface area contributed by atoms with Gasteiger partial charge in [-0.25, -0.2) is 8.42 Å². The minimum atomic E-state index is -6.09. The maximum Gasteiger partial charge on any atom is 0.485 e. The molecule has 0 amide bonds. The van der Waals surface area contributed by atoms with Gasteiger partial charge in [-0.3, -0.25) is 4.48 Å². The van der Waals surface area contributed by atoms with E-state index in [1.54, 1.807) is 44.4 Å². The van der Waals surface area contributed by atoms with Gasteiger partial charge in [-0.1, -0.05) is 18.2 Å². The smallest absolute Gasteiger partial charge is 0.485 e. The lowest BCUT2D eigenvalue weighted by Crippen LogP contribution is -2.47. The zero-order valence-electron chi connectivity index (χ0n) is 11.4. The Bertz CT molecular complexity index is 566. The summed E-state index contributed by atoms with van der Waals surface area (Å²) in [4.78, 5) is 0. The second kappa shape index (κ2) is 6.84. The number of halogens is 6. The molecule has 22 heavy (non-hydrogen) atoms. The maximum absolute atomic E-state index is 12.2. The summed E-state index contributed by atoms with van der Waals surface area (Å²) >= 11 is 0. The summed E-state index contributed by atoms with van der Waals surface area (Å²) in [5.41, 5.74) is -4.99. The van der Waals surface area contributed by atoms with Gasteiger partial charge in [-0.15, -0.1) is 0 Å². The van der Waals surface area contributed by atoms with E-state index in [2.05, 4.69) is 0 Å². The van der Waals surface area contributed by atoms with Crippen LogP contribution in [0, 0.1) is 0 Å². The first-order chi connectivity index (χ1) is 9.56. The molecule has 0 aliphatic carbocycles. The Labute approximate surface area is 123 Å². The molecule has 11 heteroatoms. The van der Waals surface area contributed by atoms with Gasteiger partial charge in [0.05, 0.1) is 14.1 Å². The third-order valence-corrected chi connectivity index (χ3v) is 2.88. The van der Waals surface area contributed by atoms with Crippen LogP contribution in [0.1, 0.15) is 0 Å². The van der Waals surface area contributed by atoms with Crippen molar-refractivity contribution in [3.8, 4) is 0 Å². The number of alkyl halides is 6. The number of rotatable bonds is 2. The average molecular weight is 353 g/mol. The monoisotopic (exact) mass is 353 g/mol. The van der Waals surface area contributed by atoms with Crippen LogP contribution in [0.2, 0.25) is 0 Å². The molecule has 0 aliphatic heterocycles. The topological polar surface area (TPSA) is 57.2 Å². The Morgan fingerprint density at radius 1 is 1.00 bits per heavy atom. The molecule has 0 saturated heterocycles. The molecule has 0 bridgehead atoms. The number of para-hydroxylation sites is 1. The van der Waals surface area contributed by atoms with Gasteiger partial charge in [0.1, 0.15) is 5.69 Å². The number of nitrogens with zero attached hydrogens (tertiary/aromatic N) is 1. The van der Waals surface area contributed by atoms with Crippen molar-refractivity contribution in [2.45, 2.75) is 11.7 Å². The van der Waals surface area contributed by atoms with Crippen LogP contribution in [-0.2, 0) is 10.1 Å². The second-order valence-corrected chi connectivity index (χ2v) is 6.06. The summed E-state index contributed by atoms with van der Waals surface area (Å²) in [6, 6.07) is 8.67. The van der Waals surface area contributed by atoms with E-state index in [1.165, 1.54) is 0 Å². The van der Waals surface area contributed by atoms with Crippen molar-refractivity contribution in [2.24, 2.45) is 0 Å². The molecule has 0 fully saturated rings. The van der Waals surface area contributed by atoms with Crippen molar-refractivity contribution < 1.29 is 39.3 Å². The molecule has 0 radical (unpaired) electrons. The van der Waals surface area contributed by atoms with Crippen molar-refractivity contribution in [3.05, 3.63) is 30.3 Å². The van der Waals surface area contributed by atoms with Crippen LogP contribution in [0.25, 0.3) is 0 Å². The molecule has 1 rings (SSSR count). The van der Waals surface area contributed by atoms with Crippen molar-refractivity contribution >= 4 is 15.8 Å². The number of hydrogen-bond donors (Lipinski definition) is 0. The zero-order valence-corrected chi connectivity index (χ0v) is 12.3. The summed E-state index contributed by atoms with van der Waals surface area (Å²) in [5, 5.41) is 0. The predicted octanol–water partition coefficient (Wildman–Crippen LogP) is 2.87. The maximum atomic E-state index is 12.2. The molecule has 4 nitrogen and oxygen atoms in total. The first-order valence-electron chi connectivity index (χ1n) is 5.54. The number of hydrogen-bond acceptors (Lipinski definition) is 3. The summed E-state index contributed by atoms with van der Waals surface area (Å²) < 4.78 is 95.4. The van der Waals surface area contributed by atoms with Gasteiger partial charge < -0.3 is 4.55 Å². The highest BCUT2D eigenvalue weighted by molar-refractivity contribution is 7.86. The van der Waals surface area contributed by atoms with Crippen LogP contribution < -0.4 is 4.48 Å². The number of quaternary nitrogens is 1. The minimum Gasteiger partial charge on any atom is -0.741 e. The molecule has 128 valence electrons. The van der Waals surface area contributed by atoms with Crippen molar-refractivity contribution in [1.29, 1.82) is 0 Å². The van der Waals surface area contributed by atoms with Crippen molar-refractivity contribution in [3.63, 3.8) is 0 Å². The Kier molecular flexibility index (Phi) is 6.42. The van der Waals surface area contributed by atoms with E-state index in [1.807, 2.05) is 0 Å². The molecule has 1 aromatic carbocycles. The normalized spacial score (nSPS) is 13.3. The molecule has 1 aromatic rings. The van der Waals surface area contributed by atoms with E-state index < -0.39 is 28.3 Å². The van der Waals surface area contributed by atoms with Crippen molar-refractivity contribution in [2.75, 3.05) is 20.6 Å². The van der Waals surface area contributed by atoms with Gasteiger partial charge in [0.2, 0.25) is 0 Å². The molecule has 0 spiro atoms. The first kappa shape index (κ1) is 20.7. The zero-order chi connectivity index (χ0) is 17.8. The lowest BCUT2D eigenvalue weighted by molar-refractivity contribution is -0.138. The van der Waals surface area contributed by atoms with E-state index >= 15 is 0 Å². The Morgan fingerprint density at radius 2 is 1.36 bits per heavy atom. The van der Waals surface area contributed by atoms with E-state index in [4.69, 9.17) is 13.0 Å². The molecule has 0 aromatic heterocycles. The third kappa shape index (κ3) is 7.61. The van der Waals surface area contributed by atoms with Gasteiger partial charge >= 0.3 is 11.7 Å². The van der Waals surface area contributed by atoms with Crippen LogP contribution in [-0.4, -0.2) is 45.3 Å². The standard InChI is InChI=1S/C10H13F3N.CHF3O3S/c1-14(2,8-10(11,12)13)9-6-4-3-5-7-9;2-1(3,4)8(5,6)7/h3-7H,8H2,1-2H3;(H,5,6,7)/q+1;/p-1. The summed E-state index contributed by atoms with van der Waals surface area (Å²) in [6.45, 7) is -0.850. The fraction of sp³-hybridized carbons (Fsp3) is 0.455. The largest absolute Gasteiger partial charge is 0.741 e. The highest BCUT2D eigenvalue weighted by Crippen LogP contribution is 2.25. The Morgan fingerprint density at radius 3 is 1.64 bits per heavy atom. The van der Waals surface area contributed by atoms with Crippen LogP contribution in [0.5, 0.6) is 0 Å². The summed E-state index contributed by atoms with van der Waals surface area (Å²) in [5.74, 6) is 0.